The minimum atomic E-state index is -0.619. The van der Waals surface area contributed by atoms with E-state index in [0.717, 1.165) is 61.3 Å². The van der Waals surface area contributed by atoms with Crippen LogP contribution in [0.25, 0.3) is 0 Å². The summed E-state index contributed by atoms with van der Waals surface area (Å²) >= 11 is 0. The maximum Gasteiger partial charge on any atom is 0.324 e. The Hall–Kier alpha value is -3.55. The van der Waals surface area contributed by atoms with E-state index in [4.69, 9.17) is 4.74 Å². The van der Waals surface area contributed by atoms with Gasteiger partial charge < -0.3 is 15.0 Å². The molecule has 2 aliphatic rings. The summed E-state index contributed by atoms with van der Waals surface area (Å²) in [6, 6.07) is 24.8. The summed E-state index contributed by atoms with van der Waals surface area (Å²) in [4.78, 5) is 29.6. The van der Waals surface area contributed by atoms with Crippen LogP contribution in [0.3, 0.4) is 0 Å². The van der Waals surface area contributed by atoms with Gasteiger partial charge in [-0.15, -0.1) is 0 Å². The molecule has 1 aliphatic carbocycles. The predicted octanol–water partition coefficient (Wildman–Crippen LogP) is 5.80. The highest BCUT2D eigenvalue weighted by Gasteiger charge is 2.67. The molecule has 0 aromatic heterocycles. The van der Waals surface area contributed by atoms with E-state index in [0.29, 0.717) is 24.1 Å². The van der Waals surface area contributed by atoms with Crippen molar-refractivity contribution < 1.29 is 23.2 Å². The van der Waals surface area contributed by atoms with Gasteiger partial charge in [-0.25, -0.2) is 9.18 Å². The summed E-state index contributed by atoms with van der Waals surface area (Å²) in [5, 5.41) is 3.28. The first kappa shape index (κ1) is 30.9. The first-order chi connectivity index (χ1) is 20.7. The van der Waals surface area contributed by atoms with E-state index in [-0.39, 0.29) is 29.1 Å². The second-order valence-electron chi connectivity index (χ2n) is 12.4. The molecule has 3 aromatic rings. The SMILES string of the molecule is CC[N+](CC)(Cc1ccc(F)cc1)C(=O)[C@@]1(c2cccc(OC)c2)C[C@H]1CN1CCC(NC(C)=O)(c2ccccc2)CC1. The lowest BCUT2D eigenvalue weighted by atomic mass is 9.80. The van der Waals surface area contributed by atoms with Gasteiger partial charge in [0.05, 0.1) is 25.7 Å². The summed E-state index contributed by atoms with van der Waals surface area (Å²) in [5.74, 6) is 0.861. The zero-order valence-electron chi connectivity index (χ0n) is 25.9. The lowest BCUT2D eigenvalue weighted by molar-refractivity contribution is -0.865. The van der Waals surface area contributed by atoms with E-state index in [9.17, 15) is 14.0 Å². The summed E-state index contributed by atoms with van der Waals surface area (Å²) in [6.45, 7) is 10.1. The average molecular weight is 587 g/mol. The van der Waals surface area contributed by atoms with E-state index >= 15 is 0 Å². The summed E-state index contributed by atoms with van der Waals surface area (Å²) < 4.78 is 19.6. The van der Waals surface area contributed by atoms with Gasteiger partial charge in [0, 0.05) is 32.1 Å². The number of carbonyl (C=O) groups is 2. The van der Waals surface area contributed by atoms with E-state index in [2.05, 4.69) is 42.3 Å². The number of nitrogens with zero attached hydrogens (tertiary/aromatic N) is 2. The number of likely N-dealkylation sites (N-methyl/N-ethyl adjacent to an activating group) is 1. The topological polar surface area (TPSA) is 58.6 Å². The minimum absolute atomic E-state index is 0.0171. The highest BCUT2D eigenvalue weighted by Crippen LogP contribution is 2.57. The number of piperidine rings is 1. The van der Waals surface area contributed by atoms with Gasteiger partial charge in [-0.05, 0) is 74.4 Å². The van der Waals surface area contributed by atoms with Crippen molar-refractivity contribution in [2.45, 2.75) is 57.5 Å². The molecule has 1 N–H and O–H groups in total. The molecule has 0 spiro atoms. The monoisotopic (exact) mass is 586 g/mol. The molecule has 228 valence electrons. The molecule has 0 radical (unpaired) electrons. The van der Waals surface area contributed by atoms with Crippen molar-refractivity contribution in [3.05, 3.63) is 101 Å². The van der Waals surface area contributed by atoms with Crippen LogP contribution in [0.4, 0.5) is 4.39 Å². The largest absolute Gasteiger partial charge is 0.497 e. The zero-order chi connectivity index (χ0) is 30.7. The maximum absolute atomic E-state index is 14.9. The molecule has 5 rings (SSSR count). The molecule has 2 fully saturated rings. The van der Waals surface area contributed by atoms with E-state index in [1.165, 1.54) is 12.1 Å². The van der Waals surface area contributed by atoms with Crippen LogP contribution in [0, 0.1) is 11.7 Å². The molecule has 1 saturated carbocycles. The zero-order valence-corrected chi connectivity index (χ0v) is 25.9. The Morgan fingerprint density at radius 1 is 0.953 bits per heavy atom. The highest BCUT2D eigenvalue weighted by atomic mass is 19.1. The molecule has 0 unspecified atom stereocenters. The molecule has 2 amide bonds. The number of amides is 2. The standard InChI is InChI=1S/C36H44FN3O3/c1-5-40(6-2,26-28-15-17-32(37)18-16-28)34(42)36(30-13-10-14-33(23-30)43-4)24-31(36)25-39-21-19-35(20-22-39,38-27(3)41)29-11-8-7-9-12-29/h7-18,23,31H,5-6,19-22,24-26H2,1-4H3/p+1/t31-,36+/m0/s1. The Balaban J connectivity index is 1.41. The molecule has 2 atom stereocenters. The number of benzene rings is 3. The van der Waals surface area contributed by atoms with E-state index in [1.54, 1.807) is 26.2 Å². The Kier molecular flexibility index (Phi) is 9.04. The van der Waals surface area contributed by atoms with Crippen molar-refractivity contribution in [2.75, 3.05) is 39.8 Å². The van der Waals surface area contributed by atoms with Crippen LogP contribution in [0.15, 0.2) is 78.9 Å². The Bertz CT molecular complexity index is 1420. The summed E-state index contributed by atoms with van der Waals surface area (Å²) in [7, 11) is 1.66. The molecule has 7 heteroatoms. The number of rotatable bonds is 11. The Morgan fingerprint density at radius 3 is 2.21 bits per heavy atom. The minimum Gasteiger partial charge on any atom is -0.497 e. The maximum atomic E-state index is 14.9. The molecule has 43 heavy (non-hydrogen) atoms. The quantitative estimate of drug-likeness (QED) is 0.289. The number of hydrogen-bond acceptors (Lipinski definition) is 4. The number of halogens is 1. The fourth-order valence-electron chi connectivity index (χ4n) is 7.37. The molecule has 0 bridgehead atoms. The number of likely N-dealkylation sites (tertiary alicyclic amines) is 1. The number of methoxy groups -OCH3 is 1. The number of carbonyl (C=O) groups excluding carboxylic acids is 2. The van der Waals surface area contributed by atoms with E-state index < -0.39 is 5.41 Å². The lowest BCUT2D eigenvalue weighted by Gasteiger charge is -2.43. The van der Waals surface area contributed by atoms with Crippen LogP contribution in [0.2, 0.25) is 0 Å². The Morgan fingerprint density at radius 2 is 1.60 bits per heavy atom. The smallest absolute Gasteiger partial charge is 0.324 e. The van der Waals surface area contributed by atoms with Crippen LogP contribution in [0.5, 0.6) is 5.75 Å². The molecule has 1 aliphatic heterocycles. The average Bonchev–Trinajstić information content (AvgIpc) is 3.76. The third-order valence-corrected chi connectivity index (χ3v) is 10.0. The second kappa shape index (κ2) is 12.6. The fraction of sp³-hybridized carbons (Fsp3) is 0.444. The van der Waals surface area contributed by atoms with Crippen molar-refractivity contribution in [3.63, 3.8) is 0 Å². The number of ether oxygens (including phenoxy) is 1. The fourth-order valence-corrected chi connectivity index (χ4v) is 7.37. The molecular formula is C36H45FN3O3+. The van der Waals surface area contributed by atoms with E-state index in [1.807, 2.05) is 36.4 Å². The van der Waals surface area contributed by atoms with Crippen LogP contribution < -0.4 is 10.1 Å². The van der Waals surface area contributed by atoms with Crippen molar-refractivity contribution in [1.82, 2.24) is 10.2 Å². The van der Waals surface area contributed by atoms with Gasteiger partial charge >= 0.3 is 5.91 Å². The van der Waals surface area contributed by atoms with Gasteiger partial charge in [-0.1, -0.05) is 54.6 Å². The molecular weight excluding hydrogens is 541 g/mol. The van der Waals surface area contributed by atoms with Gasteiger partial charge in [-0.3, -0.25) is 9.28 Å². The number of hydrogen-bond donors (Lipinski definition) is 1. The van der Waals surface area contributed by atoms with Gasteiger partial charge in [0.1, 0.15) is 23.5 Å². The number of quaternary nitrogens is 1. The first-order valence-electron chi connectivity index (χ1n) is 15.6. The van der Waals surface area contributed by atoms with Gasteiger partial charge in [-0.2, -0.15) is 0 Å². The molecule has 6 nitrogen and oxygen atoms in total. The van der Waals surface area contributed by atoms with Crippen LogP contribution in [0.1, 0.15) is 56.7 Å². The van der Waals surface area contributed by atoms with Gasteiger partial charge in [0.25, 0.3) is 0 Å². The molecule has 1 heterocycles. The van der Waals surface area contributed by atoms with Crippen LogP contribution >= 0.6 is 0 Å². The van der Waals surface area contributed by atoms with Crippen LogP contribution in [-0.4, -0.2) is 61.0 Å². The lowest BCUT2D eigenvalue weighted by Crippen LogP contribution is -2.57. The summed E-state index contributed by atoms with van der Waals surface area (Å²) in [5.41, 5.74) is 2.12. The molecule has 3 aromatic carbocycles. The third kappa shape index (κ3) is 6.11. The third-order valence-electron chi connectivity index (χ3n) is 10.0. The van der Waals surface area contributed by atoms with Gasteiger partial charge in [0.2, 0.25) is 5.91 Å². The van der Waals surface area contributed by atoms with Crippen molar-refractivity contribution >= 4 is 11.8 Å². The van der Waals surface area contributed by atoms with Crippen molar-refractivity contribution in [1.29, 1.82) is 0 Å². The van der Waals surface area contributed by atoms with Crippen LogP contribution in [-0.2, 0) is 27.1 Å². The first-order valence-corrected chi connectivity index (χ1v) is 15.6. The predicted molar refractivity (Wildman–Crippen MR) is 167 cm³/mol. The highest BCUT2D eigenvalue weighted by molar-refractivity contribution is 5.87. The van der Waals surface area contributed by atoms with Gasteiger partial charge in [0.15, 0.2) is 0 Å². The van der Waals surface area contributed by atoms with Crippen molar-refractivity contribution in [2.24, 2.45) is 5.92 Å². The van der Waals surface area contributed by atoms with Crippen molar-refractivity contribution in [3.8, 4) is 5.75 Å². The second-order valence-corrected chi connectivity index (χ2v) is 12.4. The molecule has 1 saturated heterocycles. The summed E-state index contributed by atoms with van der Waals surface area (Å²) in [6.07, 6.45) is 2.42. The number of nitrogens with one attached hydrogen (secondary N) is 1. The normalized spacial score (nSPS) is 21.7. The Labute approximate surface area is 255 Å².